The number of benzene rings is 1. The number of carbonyl (C=O) groups is 2. The molecule has 1 aliphatic heterocycles. The van der Waals surface area contributed by atoms with Gasteiger partial charge in [-0.2, -0.15) is 5.26 Å². The minimum Gasteiger partial charge on any atom is -0.441 e. The van der Waals surface area contributed by atoms with Crippen LogP contribution in [0.15, 0.2) is 22.6 Å². The topological polar surface area (TPSA) is 113 Å². The number of nitrogens with zero attached hydrogens (tertiary/aromatic N) is 3. The molecular weight excluding hydrogens is 379 g/mol. The Balaban J connectivity index is 1.88. The predicted molar refractivity (Wildman–Crippen MR) is 94.5 cm³/mol. The predicted octanol–water partition coefficient (Wildman–Crippen LogP) is 2.80. The van der Waals surface area contributed by atoms with E-state index in [9.17, 15) is 14.9 Å². The van der Waals surface area contributed by atoms with Crippen molar-refractivity contribution >= 4 is 35.0 Å². The summed E-state index contributed by atoms with van der Waals surface area (Å²) in [5.41, 5.74) is 4.65. The number of nitrogens with two attached hydrogens (primary N) is 1. The van der Waals surface area contributed by atoms with Crippen LogP contribution in [0.25, 0.3) is 11.5 Å². The van der Waals surface area contributed by atoms with Crippen LogP contribution >= 0.6 is 23.2 Å². The summed E-state index contributed by atoms with van der Waals surface area (Å²) < 4.78 is 5.59. The first-order chi connectivity index (χ1) is 12.3. The van der Waals surface area contributed by atoms with Crippen molar-refractivity contribution < 1.29 is 14.0 Å². The van der Waals surface area contributed by atoms with E-state index >= 15 is 0 Å². The van der Waals surface area contributed by atoms with Crippen LogP contribution in [0, 0.1) is 23.7 Å². The quantitative estimate of drug-likeness (QED) is 0.862. The first kappa shape index (κ1) is 18.2. The number of hydrogen-bond donors (Lipinski definition) is 1. The highest BCUT2D eigenvalue weighted by Crippen LogP contribution is 2.32. The van der Waals surface area contributed by atoms with Gasteiger partial charge in [-0.05, 0) is 31.5 Å². The smallest absolute Gasteiger partial charge is 0.276 e. The van der Waals surface area contributed by atoms with Crippen molar-refractivity contribution in [3.05, 3.63) is 39.7 Å². The molecule has 1 aromatic heterocycles. The Morgan fingerprint density at radius 2 is 2.12 bits per heavy atom. The van der Waals surface area contributed by atoms with Crippen molar-refractivity contribution in [3.8, 4) is 17.5 Å². The molecule has 1 aromatic carbocycles. The summed E-state index contributed by atoms with van der Waals surface area (Å²) >= 11 is 11.9. The first-order valence-electron chi connectivity index (χ1n) is 7.71. The van der Waals surface area contributed by atoms with Gasteiger partial charge in [0.25, 0.3) is 5.91 Å². The number of amides is 2. The Hall–Kier alpha value is -2.56. The second-order valence-corrected chi connectivity index (χ2v) is 6.90. The molecule has 7 nitrogen and oxygen atoms in total. The molecule has 1 saturated heterocycles. The molecule has 1 fully saturated rings. The standard InChI is InChI=1S/C17H14Cl2N4O3/c1-9-13(15(24)23-5-4-17(7-20,8-23)16(21)25)22-14(26-9)10-2-3-11(18)12(19)6-10/h2-3,6H,4-5,8H2,1H3,(H2,21,25). The van der Waals surface area contributed by atoms with Crippen molar-refractivity contribution in [1.82, 2.24) is 9.88 Å². The summed E-state index contributed by atoms with van der Waals surface area (Å²) in [7, 11) is 0. The van der Waals surface area contributed by atoms with E-state index in [1.54, 1.807) is 25.1 Å². The minimum atomic E-state index is -1.36. The lowest BCUT2D eigenvalue weighted by Crippen LogP contribution is -2.40. The largest absolute Gasteiger partial charge is 0.441 e. The van der Waals surface area contributed by atoms with Crippen LogP contribution in [-0.4, -0.2) is 34.8 Å². The molecule has 0 spiro atoms. The maximum atomic E-state index is 12.8. The molecule has 0 bridgehead atoms. The Morgan fingerprint density at radius 3 is 2.69 bits per heavy atom. The molecule has 0 aliphatic carbocycles. The number of carbonyl (C=O) groups excluding carboxylic acids is 2. The van der Waals surface area contributed by atoms with E-state index in [1.165, 1.54) is 4.90 Å². The highest BCUT2D eigenvalue weighted by molar-refractivity contribution is 6.42. The zero-order valence-electron chi connectivity index (χ0n) is 13.8. The number of hydrogen-bond acceptors (Lipinski definition) is 5. The average Bonchev–Trinajstić information content (AvgIpc) is 3.21. The summed E-state index contributed by atoms with van der Waals surface area (Å²) in [5.74, 6) is -0.603. The second-order valence-electron chi connectivity index (χ2n) is 6.09. The molecule has 134 valence electrons. The molecule has 9 heteroatoms. The van der Waals surface area contributed by atoms with E-state index in [2.05, 4.69) is 4.98 Å². The lowest BCUT2D eigenvalue weighted by Gasteiger charge is -2.18. The van der Waals surface area contributed by atoms with Crippen molar-refractivity contribution in [3.63, 3.8) is 0 Å². The fourth-order valence-corrected chi connectivity index (χ4v) is 3.13. The van der Waals surface area contributed by atoms with Gasteiger partial charge in [0, 0.05) is 18.7 Å². The number of rotatable bonds is 3. The van der Waals surface area contributed by atoms with E-state index in [4.69, 9.17) is 33.4 Å². The maximum Gasteiger partial charge on any atom is 0.276 e. The Bertz CT molecular complexity index is 950. The van der Waals surface area contributed by atoms with E-state index in [0.717, 1.165) is 0 Å². The molecule has 2 heterocycles. The molecule has 1 atom stereocenters. The molecule has 2 N–H and O–H groups in total. The SMILES string of the molecule is Cc1oc(-c2ccc(Cl)c(Cl)c2)nc1C(=O)N1CCC(C#N)(C(N)=O)C1. The van der Waals surface area contributed by atoms with Gasteiger partial charge in [-0.15, -0.1) is 0 Å². The van der Waals surface area contributed by atoms with E-state index in [1.807, 2.05) is 6.07 Å². The highest BCUT2D eigenvalue weighted by Gasteiger charge is 2.46. The number of aromatic nitrogens is 1. The average molecular weight is 393 g/mol. The normalized spacial score (nSPS) is 19.4. The van der Waals surface area contributed by atoms with Gasteiger partial charge in [-0.3, -0.25) is 9.59 Å². The van der Waals surface area contributed by atoms with Crippen LogP contribution in [0.1, 0.15) is 22.7 Å². The van der Waals surface area contributed by atoms with E-state index in [-0.39, 0.29) is 31.1 Å². The molecule has 2 aromatic rings. The number of likely N-dealkylation sites (tertiary alicyclic amines) is 1. The zero-order valence-corrected chi connectivity index (χ0v) is 15.3. The molecule has 1 unspecified atom stereocenters. The molecule has 2 amide bonds. The number of aryl methyl sites for hydroxylation is 1. The van der Waals surface area contributed by atoms with Gasteiger partial charge < -0.3 is 15.1 Å². The summed E-state index contributed by atoms with van der Waals surface area (Å²) in [4.78, 5) is 30.0. The van der Waals surface area contributed by atoms with Gasteiger partial charge in [0.2, 0.25) is 11.8 Å². The van der Waals surface area contributed by atoms with Gasteiger partial charge >= 0.3 is 0 Å². The van der Waals surface area contributed by atoms with Crippen LogP contribution < -0.4 is 5.73 Å². The van der Waals surface area contributed by atoms with Crippen LogP contribution in [-0.2, 0) is 4.79 Å². The van der Waals surface area contributed by atoms with Crippen LogP contribution in [0.3, 0.4) is 0 Å². The van der Waals surface area contributed by atoms with Crippen molar-refractivity contribution in [2.75, 3.05) is 13.1 Å². The fraction of sp³-hybridized carbons (Fsp3) is 0.294. The third-order valence-corrected chi connectivity index (χ3v) is 5.15. The Morgan fingerprint density at radius 1 is 1.38 bits per heavy atom. The van der Waals surface area contributed by atoms with E-state index in [0.29, 0.717) is 21.4 Å². The Kier molecular flexibility index (Phi) is 4.65. The van der Waals surface area contributed by atoms with Crippen molar-refractivity contribution in [2.24, 2.45) is 11.1 Å². The summed E-state index contributed by atoms with van der Waals surface area (Å²) in [6.45, 7) is 1.79. The molecule has 0 saturated carbocycles. The zero-order chi connectivity index (χ0) is 19.1. The van der Waals surface area contributed by atoms with Crippen LogP contribution in [0.4, 0.5) is 0 Å². The van der Waals surface area contributed by atoms with E-state index < -0.39 is 17.2 Å². The number of oxazole rings is 1. The van der Waals surface area contributed by atoms with Gasteiger partial charge in [-0.25, -0.2) is 4.98 Å². The first-order valence-corrected chi connectivity index (χ1v) is 8.46. The summed E-state index contributed by atoms with van der Waals surface area (Å²) in [6, 6.07) is 6.81. The molecule has 0 radical (unpaired) electrons. The number of halogens is 2. The summed E-state index contributed by atoms with van der Waals surface area (Å²) in [5, 5.41) is 10.0. The monoisotopic (exact) mass is 392 g/mol. The van der Waals surface area contributed by atoms with Gasteiger partial charge in [-0.1, -0.05) is 23.2 Å². The molecule has 26 heavy (non-hydrogen) atoms. The van der Waals surface area contributed by atoms with Gasteiger partial charge in [0.15, 0.2) is 11.1 Å². The molecule has 1 aliphatic rings. The fourth-order valence-electron chi connectivity index (χ4n) is 2.83. The van der Waals surface area contributed by atoms with Gasteiger partial charge in [0.1, 0.15) is 5.76 Å². The molecule has 3 rings (SSSR count). The number of nitriles is 1. The van der Waals surface area contributed by atoms with Crippen molar-refractivity contribution in [2.45, 2.75) is 13.3 Å². The molecular formula is C17H14Cl2N4O3. The number of primary amides is 1. The minimum absolute atomic E-state index is 0.0634. The van der Waals surface area contributed by atoms with Crippen molar-refractivity contribution in [1.29, 1.82) is 5.26 Å². The van der Waals surface area contributed by atoms with Crippen LogP contribution in [0.5, 0.6) is 0 Å². The second kappa shape index (κ2) is 6.63. The third kappa shape index (κ3) is 3.02. The van der Waals surface area contributed by atoms with Crippen LogP contribution in [0.2, 0.25) is 10.0 Å². The van der Waals surface area contributed by atoms with Gasteiger partial charge in [0.05, 0.1) is 16.1 Å². The Labute approximate surface area is 159 Å². The lowest BCUT2D eigenvalue weighted by molar-refractivity contribution is -0.124. The lowest BCUT2D eigenvalue weighted by atomic mass is 9.88. The maximum absolute atomic E-state index is 12.8. The summed E-state index contributed by atoms with van der Waals surface area (Å²) in [6.07, 6.45) is 0.196. The highest BCUT2D eigenvalue weighted by atomic mass is 35.5. The third-order valence-electron chi connectivity index (χ3n) is 4.41.